The first-order chi connectivity index (χ1) is 11.0. The first-order valence-corrected chi connectivity index (χ1v) is 9.18. The van der Waals surface area contributed by atoms with Gasteiger partial charge in [0.05, 0.1) is 0 Å². The summed E-state index contributed by atoms with van der Waals surface area (Å²) in [4.78, 5) is 4.24. The number of nitrogens with one attached hydrogen (secondary N) is 1. The van der Waals surface area contributed by atoms with Crippen LogP contribution in [0.1, 0.15) is 25.3 Å². The van der Waals surface area contributed by atoms with Crippen LogP contribution in [0.3, 0.4) is 0 Å². The van der Waals surface area contributed by atoms with Crippen LogP contribution < -0.4 is 4.72 Å². The van der Waals surface area contributed by atoms with Crippen LogP contribution in [-0.4, -0.2) is 40.6 Å². The van der Waals surface area contributed by atoms with Crippen molar-refractivity contribution in [2.45, 2.75) is 26.3 Å². The summed E-state index contributed by atoms with van der Waals surface area (Å²) in [6, 6.07) is 5.44. The molecule has 0 amide bonds. The zero-order valence-electron chi connectivity index (χ0n) is 13.1. The Morgan fingerprint density at radius 3 is 3.00 bits per heavy atom. The van der Waals surface area contributed by atoms with Gasteiger partial charge in [-0.3, -0.25) is 0 Å². The SMILES string of the molecule is CC1CCCN(S(=O)(=O)NCc2ccnc(-n3cccn3)c2)C1. The molecular formula is C15H21N5O2S. The first-order valence-electron chi connectivity index (χ1n) is 7.74. The van der Waals surface area contributed by atoms with E-state index in [0.717, 1.165) is 18.4 Å². The van der Waals surface area contributed by atoms with E-state index in [0.29, 0.717) is 24.8 Å². The van der Waals surface area contributed by atoms with Crippen LogP contribution in [0.25, 0.3) is 5.82 Å². The standard InChI is InChI=1S/C15H21N5O2S/c1-13-4-2-8-19(12-13)23(21,22)18-11-14-5-7-16-15(10-14)20-9-3-6-17-20/h3,5-7,9-10,13,18H,2,4,8,11-12H2,1H3. The van der Waals surface area contributed by atoms with Crippen molar-refractivity contribution in [2.24, 2.45) is 5.92 Å². The highest BCUT2D eigenvalue weighted by Gasteiger charge is 2.26. The maximum atomic E-state index is 12.4. The average molecular weight is 335 g/mol. The van der Waals surface area contributed by atoms with Gasteiger partial charge >= 0.3 is 0 Å². The van der Waals surface area contributed by atoms with Crippen molar-refractivity contribution in [3.8, 4) is 5.82 Å². The molecule has 1 N–H and O–H groups in total. The zero-order chi connectivity index (χ0) is 16.3. The molecule has 1 atom stereocenters. The van der Waals surface area contributed by atoms with Crippen LogP contribution in [0.5, 0.6) is 0 Å². The molecule has 0 bridgehead atoms. The first kappa shape index (κ1) is 16.1. The predicted molar refractivity (Wildman–Crippen MR) is 87.1 cm³/mol. The third-order valence-electron chi connectivity index (χ3n) is 3.97. The lowest BCUT2D eigenvalue weighted by Gasteiger charge is -2.30. The third kappa shape index (κ3) is 3.95. The number of rotatable bonds is 5. The smallest absolute Gasteiger partial charge is 0.237 e. The van der Waals surface area contributed by atoms with Gasteiger partial charge in [0.1, 0.15) is 0 Å². The minimum absolute atomic E-state index is 0.240. The summed E-state index contributed by atoms with van der Waals surface area (Å²) < 4.78 is 30.7. The summed E-state index contributed by atoms with van der Waals surface area (Å²) in [6.45, 7) is 3.50. The second-order valence-electron chi connectivity index (χ2n) is 5.90. The van der Waals surface area contributed by atoms with Gasteiger partial charge in [-0.2, -0.15) is 22.5 Å². The van der Waals surface area contributed by atoms with Crippen LogP contribution >= 0.6 is 0 Å². The fraction of sp³-hybridized carbons (Fsp3) is 0.467. The highest BCUT2D eigenvalue weighted by molar-refractivity contribution is 7.87. The molecule has 2 aromatic heterocycles. The largest absolute Gasteiger partial charge is 0.279 e. The molecule has 3 rings (SSSR count). The third-order valence-corrected chi connectivity index (χ3v) is 5.49. The van der Waals surface area contributed by atoms with E-state index in [1.54, 1.807) is 29.3 Å². The Morgan fingerprint density at radius 1 is 1.39 bits per heavy atom. The summed E-state index contributed by atoms with van der Waals surface area (Å²) in [5, 5.41) is 4.13. The summed E-state index contributed by atoms with van der Waals surface area (Å²) in [6.07, 6.45) is 7.13. The second-order valence-corrected chi connectivity index (χ2v) is 7.66. The Kier molecular flexibility index (Phi) is 4.74. The minimum atomic E-state index is -3.44. The molecule has 0 aromatic carbocycles. The Hall–Kier alpha value is -1.77. The Morgan fingerprint density at radius 2 is 2.26 bits per heavy atom. The monoisotopic (exact) mass is 335 g/mol. The van der Waals surface area contributed by atoms with Gasteiger partial charge in [0.25, 0.3) is 10.2 Å². The topological polar surface area (TPSA) is 80.1 Å². The molecule has 1 unspecified atom stereocenters. The van der Waals surface area contributed by atoms with E-state index in [-0.39, 0.29) is 6.54 Å². The quantitative estimate of drug-likeness (QED) is 0.894. The van der Waals surface area contributed by atoms with Crippen molar-refractivity contribution < 1.29 is 8.42 Å². The van der Waals surface area contributed by atoms with Gasteiger partial charge in [-0.15, -0.1) is 0 Å². The predicted octanol–water partition coefficient (Wildman–Crippen LogP) is 1.33. The van der Waals surface area contributed by atoms with Crippen LogP contribution in [-0.2, 0) is 16.8 Å². The molecule has 1 aliphatic heterocycles. The Labute approximate surface area is 136 Å². The average Bonchev–Trinajstić information content (AvgIpc) is 3.08. The number of piperidine rings is 1. The molecule has 2 aromatic rings. The number of pyridine rings is 1. The molecule has 1 saturated heterocycles. The van der Waals surface area contributed by atoms with Crippen LogP contribution in [0.15, 0.2) is 36.8 Å². The second kappa shape index (κ2) is 6.77. The highest BCUT2D eigenvalue weighted by atomic mass is 32.2. The van der Waals surface area contributed by atoms with Gasteiger partial charge in [0, 0.05) is 38.2 Å². The van der Waals surface area contributed by atoms with E-state index in [4.69, 9.17) is 0 Å². The van der Waals surface area contributed by atoms with Crippen molar-refractivity contribution in [3.63, 3.8) is 0 Å². The summed E-state index contributed by atoms with van der Waals surface area (Å²) >= 11 is 0. The number of aromatic nitrogens is 3. The maximum absolute atomic E-state index is 12.4. The molecule has 7 nitrogen and oxygen atoms in total. The van der Waals surface area contributed by atoms with E-state index in [9.17, 15) is 8.42 Å². The molecule has 23 heavy (non-hydrogen) atoms. The molecular weight excluding hydrogens is 314 g/mol. The van der Waals surface area contributed by atoms with Gasteiger partial charge in [-0.1, -0.05) is 6.92 Å². The lowest BCUT2D eigenvalue weighted by atomic mass is 10.0. The van der Waals surface area contributed by atoms with Gasteiger partial charge in [-0.05, 0) is 42.5 Å². The lowest BCUT2D eigenvalue weighted by Crippen LogP contribution is -2.45. The number of nitrogens with zero attached hydrogens (tertiary/aromatic N) is 4. The Balaban J connectivity index is 1.67. The maximum Gasteiger partial charge on any atom is 0.279 e. The molecule has 3 heterocycles. The van der Waals surface area contributed by atoms with Crippen molar-refractivity contribution in [1.29, 1.82) is 0 Å². The molecule has 1 fully saturated rings. The fourth-order valence-electron chi connectivity index (χ4n) is 2.73. The number of hydrogen-bond donors (Lipinski definition) is 1. The van der Waals surface area contributed by atoms with E-state index in [1.165, 1.54) is 4.31 Å². The molecule has 124 valence electrons. The minimum Gasteiger partial charge on any atom is -0.237 e. The normalized spacial score (nSPS) is 19.8. The zero-order valence-corrected chi connectivity index (χ0v) is 13.9. The van der Waals surface area contributed by atoms with E-state index < -0.39 is 10.2 Å². The van der Waals surface area contributed by atoms with Gasteiger partial charge in [-0.25, -0.2) is 9.67 Å². The summed E-state index contributed by atoms with van der Waals surface area (Å²) in [5.74, 6) is 1.07. The lowest BCUT2D eigenvalue weighted by molar-refractivity contribution is 0.278. The number of hydrogen-bond acceptors (Lipinski definition) is 4. The fourth-order valence-corrected chi connectivity index (χ4v) is 4.08. The molecule has 0 saturated carbocycles. The van der Waals surface area contributed by atoms with Gasteiger partial charge in [0.2, 0.25) is 0 Å². The molecule has 8 heteroatoms. The van der Waals surface area contributed by atoms with Crippen LogP contribution in [0.2, 0.25) is 0 Å². The van der Waals surface area contributed by atoms with E-state index in [1.807, 2.05) is 12.1 Å². The van der Waals surface area contributed by atoms with Crippen molar-refractivity contribution >= 4 is 10.2 Å². The van der Waals surface area contributed by atoms with E-state index in [2.05, 4.69) is 21.7 Å². The van der Waals surface area contributed by atoms with Crippen molar-refractivity contribution in [1.82, 2.24) is 23.8 Å². The highest BCUT2D eigenvalue weighted by Crippen LogP contribution is 2.18. The van der Waals surface area contributed by atoms with Gasteiger partial charge in [0.15, 0.2) is 5.82 Å². The molecule has 0 aliphatic carbocycles. The summed E-state index contributed by atoms with van der Waals surface area (Å²) in [5.41, 5.74) is 0.846. The van der Waals surface area contributed by atoms with Crippen LogP contribution in [0, 0.1) is 5.92 Å². The van der Waals surface area contributed by atoms with Crippen molar-refractivity contribution in [3.05, 3.63) is 42.4 Å². The van der Waals surface area contributed by atoms with E-state index >= 15 is 0 Å². The molecule has 0 spiro atoms. The Bertz CT molecular complexity index is 745. The molecule has 1 aliphatic rings. The van der Waals surface area contributed by atoms with Crippen molar-refractivity contribution in [2.75, 3.05) is 13.1 Å². The molecule has 0 radical (unpaired) electrons. The van der Waals surface area contributed by atoms with Gasteiger partial charge < -0.3 is 0 Å². The van der Waals surface area contributed by atoms with Crippen LogP contribution in [0.4, 0.5) is 0 Å². The summed E-state index contributed by atoms with van der Waals surface area (Å²) in [7, 11) is -3.44.